The maximum atomic E-state index is 12.9. The number of fused-ring (bicyclic) bond motifs is 1. The molecule has 110 valence electrons. The molecule has 0 amide bonds. The van der Waals surface area contributed by atoms with Crippen LogP contribution in [0, 0.1) is 6.92 Å². The van der Waals surface area contributed by atoms with Gasteiger partial charge in [0.25, 0.3) is 10.0 Å². The van der Waals surface area contributed by atoms with Gasteiger partial charge in [-0.05, 0) is 58.6 Å². The average molecular weight is 367 g/mol. The van der Waals surface area contributed by atoms with Gasteiger partial charge in [-0.1, -0.05) is 18.2 Å². The maximum absolute atomic E-state index is 12.9. The molecule has 0 radical (unpaired) electrons. The summed E-state index contributed by atoms with van der Waals surface area (Å²) in [4.78, 5) is 0.275. The van der Waals surface area contributed by atoms with Crippen LogP contribution >= 0.6 is 15.9 Å². The van der Waals surface area contributed by atoms with Gasteiger partial charge in [0.1, 0.15) is 4.90 Å². The van der Waals surface area contributed by atoms with Crippen molar-refractivity contribution in [2.24, 2.45) is 0 Å². The summed E-state index contributed by atoms with van der Waals surface area (Å²) >= 11 is 3.31. The first kappa shape index (κ1) is 14.4. The highest BCUT2D eigenvalue weighted by molar-refractivity contribution is 9.10. The largest absolute Gasteiger partial charge is 0.398 e. The zero-order chi connectivity index (χ0) is 15.2. The molecule has 2 aromatic carbocycles. The van der Waals surface area contributed by atoms with E-state index in [0.717, 1.165) is 11.1 Å². The van der Waals surface area contributed by atoms with E-state index < -0.39 is 10.0 Å². The molecule has 0 unspecified atom stereocenters. The van der Waals surface area contributed by atoms with Gasteiger partial charge in [0.2, 0.25) is 0 Å². The van der Waals surface area contributed by atoms with E-state index in [-0.39, 0.29) is 4.90 Å². The van der Waals surface area contributed by atoms with E-state index in [2.05, 4.69) is 15.9 Å². The van der Waals surface area contributed by atoms with Gasteiger partial charge in [-0.2, -0.15) is 0 Å². The first-order chi connectivity index (χ1) is 9.91. The number of rotatable bonds is 2. The van der Waals surface area contributed by atoms with Crippen molar-refractivity contribution >= 4 is 37.3 Å². The normalized spacial score (nSPS) is 14.3. The Bertz CT molecular complexity index is 818. The molecule has 6 heteroatoms. The van der Waals surface area contributed by atoms with E-state index in [1.807, 2.05) is 13.0 Å². The van der Waals surface area contributed by atoms with Crippen LogP contribution in [-0.2, 0) is 16.4 Å². The first-order valence-electron chi connectivity index (χ1n) is 6.57. The SMILES string of the molecule is Cc1cc2c(cc1N)N(S(=O)(=O)c1ccccc1Br)CC2. The Hall–Kier alpha value is -1.53. The lowest BCUT2D eigenvalue weighted by atomic mass is 10.1. The van der Waals surface area contributed by atoms with Crippen LogP contribution in [-0.4, -0.2) is 15.0 Å². The maximum Gasteiger partial charge on any atom is 0.265 e. The lowest BCUT2D eigenvalue weighted by Crippen LogP contribution is -2.29. The summed E-state index contributed by atoms with van der Waals surface area (Å²) in [5, 5.41) is 0. The third-order valence-corrected chi connectivity index (χ3v) is 6.55. The summed E-state index contributed by atoms with van der Waals surface area (Å²) in [5.41, 5.74) is 9.24. The van der Waals surface area contributed by atoms with Crippen LogP contribution in [0.15, 0.2) is 45.8 Å². The predicted molar refractivity (Wildman–Crippen MR) is 88.0 cm³/mol. The molecule has 21 heavy (non-hydrogen) atoms. The zero-order valence-corrected chi connectivity index (χ0v) is 13.9. The summed E-state index contributed by atoms with van der Waals surface area (Å²) in [5.74, 6) is 0. The smallest absolute Gasteiger partial charge is 0.265 e. The molecule has 0 atom stereocenters. The number of sulfonamides is 1. The van der Waals surface area contributed by atoms with Gasteiger partial charge >= 0.3 is 0 Å². The second-order valence-electron chi connectivity index (χ2n) is 5.10. The molecule has 0 aromatic heterocycles. The second kappa shape index (κ2) is 5.03. The minimum atomic E-state index is -3.58. The van der Waals surface area contributed by atoms with E-state index in [9.17, 15) is 8.42 Å². The quantitative estimate of drug-likeness (QED) is 0.830. The molecule has 0 fully saturated rings. The Balaban J connectivity index is 2.13. The zero-order valence-electron chi connectivity index (χ0n) is 11.5. The van der Waals surface area contributed by atoms with Crippen molar-refractivity contribution in [3.8, 4) is 0 Å². The van der Waals surface area contributed by atoms with Crippen LogP contribution in [0.4, 0.5) is 11.4 Å². The molecule has 0 bridgehead atoms. The molecule has 4 nitrogen and oxygen atoms in total. The van der Waals surface area contributed by atoms with Crippen molar-refractivity contribution in [2.75, 3.05) is 16.6 Å². The molecule has 2 N–H and O–H groups in total. The number of halogens is 1. The fourth-order valence-corrected chi connectivity index (χ4v) is 5.03. The highest BCUT2D eigenvalue weighted by atomic mass is 79.9. The van der Waals surface area contributed by atoms with Gasteiger partial charge in [0, 0.05) is 16.7 Å². The Kier molecular flexibility index (Phi) is 3.45. The van der Waals surface area contributed by atoms with Gasteiger partial charge in [0.15, 0.2) is 0 Å². The second-order valence-corrected chi connectivity index (χ2v) is 7.78. The van der Waals surface area contributed by atoms with Crippen LogP contribution in [0.1, 0.15) is 11.1 Å². The summed E-state index contributed by atoms with van der Waals surface area (Å²) in [7, 11) is -3.58. The van der Waals surface area contributed by atoms with Gasteiger partial charge in [-0.3, -0.25) is 4.31 Å². The molecule has 1 aliphatic rings. The van der Waals surface area contributed by atoms with Crippen molar-refractivity contribution in [3.05, 3.63) is 52.0 Å². The molecular formula is C15H15BrN2O2S. The molecule has 0 saturated carbocycles. The van der Waals surface area contributed by atoms with E-state index in [4.69, 9.17) is 5.73 Å². The van der Waals surface area contributed by atoms with Crippen molar-refractivity contribution in [2.45, 2.75) is 18.2 Å². The third kappa shape index (κ3) is 2.32. The topological polar surface area (TPSA) is 63.4 Å². The standard InChI is InChI=1S/C15H15BrN2O2S/c1-10-8-11-6-7-18(14(11)9-13(10)17)21(19,20)15-5-3-2-4-12(15)16/h2-5,8-9H,6-7,17H2,1H3. The minimum absolute atomic E-state index is 0.275. The van der Waals surface area contributed by atoms with Crippen molar-refractivity contribution in [3.63, 3.8) is 0 Å². The highest BCUT2D eigenvalue weighted by Crippen LogP contribution is 2.37. The summed E-state index contributed by atoms with van der Waals surface area (Å²) < 4.78 is 27.7. The minimum Gasteiger partial charge on any atom is -0.398 e. The molecule has 0 saturated heterocycles. The van der Waals surface area contributed by atoms with Gasteiger partial charge < -0.3 is 5.73 Å². The summed E-state index contributed by atoms with van der Waals surface area (Å²) in [6.07, 6.45) is 0.708. The first-order valence-corrected chi connectivity index (χ1v) is 8.81. The molecular weight excluding hydrogens is 352 g/mol. The Morgan fingerprint density at radius 1 is 1.24 bits per heavy atom. The van der Waals surface area contributed by atoms with Crippen molar-refractivity contribution in [1.82, 2.24) is 0 Å². The number of nitrogen functional groups attached to an aromatic ring is 1. The van der Waals surface area contributed by atoms with Gasteiger partial charge in [-0.25, -0.2) is 8.42 Å². The van der Waals surface area contributed by atoms with E-state index >= 15 is 0 Å². The third-order valence-electron chi connectivity index (χ3n) is 3.72. The van der Waals surface area contributed by atoms with Crippen LogP contribution < -0.4 is 10.0 Å². The summed E-state index contributed by atoms with van der Waals surface area (Å²) in [6, 6.07) is 10.6. The Morgan fingerprint density at radius 2 is 1.95 bits per heavy atom. The molecule has 2 aromatic rings. The van der Waals surface area contributed by atoms with Gasteiger partial charge in [-0.15, -0.1) is 0 Å². The lowest BCUT2D eigenvalue weighted by Gasteiger charge is -2.21. The highest BCUT2D eigenvalue weighted by Gasteiger charge is 2.32. The van der Waals surface area contributed by atoms with Crippen LogP contribution in [0.5, 0.6) is 0 Å². The number of benzene rings is 2. The Morgan fingerprint density at radius 3 is 2.67 bits per heavy atom. The average Bonchev–Trinajstić information content (AvgIpc) is 2.83. The number of hydrogen-bond donors (Lipinski definition) is 1. The van der Waals surface area contributed by atoms with Crippen LogP contribution in [0.25, 0.3) is 0 Å². The molecule has 1 heterocycles. The molecule has 0 aliphatic carbocycles. The number of hydrogen-bond acceptors (Lipinski definition) is 3. The monoisotopic (exact) mass is 366 g/mol. The molecule has 3 rings (SSSR count). The number of anilines is 2. The fraction of sp³-hybridized carbons (Fsp3) is 0.200. The Labute approximate surface area is 132 Å². The molecule has 0 spiro atoms. The van der Waals surface area contributed by atoms with E-state index in [1.165, 1.54) is 4.31 Å². The van der Waals surface area contributed by atoms with Crippen molar-refractivity contribution < 1.29 is 8.42 Å². The number of nitrogens with zero attached hydrogens (tertiary/aromatic N) is 1. The van der Waals surface area contributed by atoms with E-state index in [1.54, 1.807) is 30.3 Å². The fourth-order valence-electron chi connectivity index (χ4n) is 2.57. The van der Waals surface area contributed by atoms with E-state index in [0.29, 0.717) is 28.8 Å². The molecule has 1 aliphatic heterocycles. The number of nitrogens with two attached hydrogens (primary N) is 1. The number of aryl methyl sites for hydroxylation is 1. The predicted octanol–water partition coefficient (Wildman–Crippen LogP) is 3.09. The summed E-state index contributed by atoms with van der Waals surface area (Å²) in [6.45, 7) is 2.38. The lowest BCUT2D eigenvalue weighted by molar-refractivity contribution is 0.592. The van der Waals surface area contributed by atoms with Crippen LogP contribution in [0.3, 0.4) is 0 Å². The van der Waals surface area contributed by atoms with Gasteiger partial charge in [0.05, 0.1) is 5.69 Å². The van der Waals surface area contributed by atoms with Crippen molar-refractivity contribution in [1.29, 1.82) is 0 Å². The van der Waals surface area contributed by atoms with Crippen LogP contribution in [0.2, 0.25) is 0 Å².